The number of piperidine rings is 1. The van der Waals surface area contributed by atoms with Crippen molar-refractivity contribution in [2.45, 2.75) is 25.3 Å². The molecule has 0 spiro atoms. The van der Waals surface area contributed by atoms with Crippen LogP contribution in [0.5, 0.6) is 0 Å². The summed E-state index contributed by atoms with van der Waals surface area (Å²) in [6.07, 6.45) is 2.13. The van der Waals surface area contributed by atoms with Gasteiger partial charge < -0.3 is 10.1 Å². The molecule has 2 rings (SSSR count). The van der Waals surface area contributed by atoms with Crippen LogP contribution in [0, 0.1) is 5.92 Å². The fourth-order valence-corrected chi connectivity index (χ4v) is 1.95. The molecule has 1 aliphatic heterocycles. The minimum Gasteiger partial charge on any atom is -0.465 e. The highest BCUT2D eigenvalue weighted by Gasteiger charge is 2.63. The van der Waals surface area contributed by atoms with Crippen molar-refractivity contribution in [1.29, 1.82) is 0 Å². The van der Waals surface area contributed by atoms with E-state index in [1.807, 2.05) is 6.92 Å². The first-order valence-corrected chi connectivity index (χ1v) is 4.22. The number of hydrogen-bond donors (Lipinski definition) is 1. The molecule has 1 saturated carbocycles. The minimum atomic E-state index is -0.240. The van der Waals surface area contributed by atoms with Crippen LogP contribution < -0.4 is 5.32 Å². The summed E-state index contributed by atoms with van der Waals surface area (Å²) in [6, 6.07) is 0. The lowest BCUT2D eigenvalue weighted by atomic mass is 10.2. The molecule has 0 unspecified atom stereocenters. The predicted molar refractivity (Wildman–Crippen MR) is 40.1 cm³/mol. The molecule has 2 aliphatic rings. The highest BCUT2D eigenvalue weighted by atomic mass is 16.5. The number of hydrogen-bond acceptors (Lipinski definition) is 3. The van der Waals surface area contributed by atoms with E-state index in [1.54, 1.807) is 0 Å². The Morgan fingerprint density at radius 1 is 1.82 bits per heavy atom. The van der Waals surface area contributed by atoms with Crippen molar-refractivity contribution in [3.05, 3.63) is 0 Å². The SMILES string of the molecule is CCOC(=O)[C@@]12C[C@@H]1CCN2. The molecule has 11 heavy (non-hydrogen) atoms. The van der Waals surface area contributed by atoms with Gasteiger partial charge in [-0.3, -0.25) is 4.79 Å². The summed E-state index contributed by atoms with van der Waals surface area (Å²) < 4.78 is 4.97. The van der Waals surface area contributed by atoms with E-state index in [0.717, 1.165) is 19.4 Å². The normalized spacial score (nSPS) is 39.9. The zero-order valence-electron chi connectivity index (χ0n) is 6.72. The summed E-state index contributed by atoms with van der Waals surface area (Å²) in [6.45, 7) is 3.32. The van der Waals surface area contributed by atoms with Gasteiger partial charge >= 0.3 is 5.97 Å². The van der Waals surface area contributed by atoms with E-state index in [4.69, 9.17) is 4.74 Å². The van der Waals surface area contributed by atoms with Crippen LogP contribution >= 0.6 is 0 Å². The molecule has 0 aromatic heterocycles. The van der Waals surface area contributed by atoms with Gasteiger partial charge in [-0.2, -0.15) is 0 Å². The molecule has 1 heterocycles. The largest absolute Gasteiger partial charge is 0.465 e. The summed E-state index contributed by atoms with van der Waals surface area (Å²) >= 11 is 0. The number of esters is 1. The molecular formula is C8H13NO2. The first-order valence-electron chi connectivity index (χ1n) is 4.22. The predicted octanol–water partition coefficient (Wildman–Crippen LogP) is 0.301. The van der Waals surface area contributed by atoms with Crippen LogP contribution in [-0.2, 0) is 9.53 Å². The quantitative estimate of drug-likeness (QED) is 0.583. The number of ether oxygens (including phenoxy) is 1. The maximum Gasteiger partial charge on any atom is 0.326 e. The smallest absolute Gasteiger partial charge is 0.326 e. The summed E-state index contributed by atoms with van der Waals surface area (Å²) in [4.78, 5) is 11.3. The Balaban J connectivity index is 1.99. The Morgan fingerprint density at radius 2 is 2.64 bits per heavy atom. The van der Waals surface area contributed by atoms with Gasteiger partial charge in [-0.15, -0.1) is 0 Å². The van der Waals surface area contributed by atoms with Crippen molar-refractivity contribution >= 4 is 5.97 Å². The van der Waals surface area contributed by atoms with Crippen molar-refractivity contribution in [2.75, 3.05) is 13.2 Å². The van der Waals surface area contributed by atoms with E-state index >= 15 is 0 Å². The average molecular weight is 155 g/mol. The zero-order chi connectivity index (χ0) is 7.90. The molecule has 0 aromatic rings. The van der Waals surface area contributed by atoms with Crippen LogP contribution in [-0.4, -0.2) is 24.7 Å². The molecular weight excluding hydrogens is 142 g/mol. The molecule has 1 aliphatic carbocycles. The first-order chi connectivity index (χ1) is 5.29. The standard InChI is InChI=1S/C8H13NO2/c1-2-11-7(10)8-5-6(8)3-4-9-8/h6,9H,2-5H2,1H3/t6-,8+/m0/s1. The van der Waals surface area contributed by atoms with Crippen LogP contribution in [0.25, 0.3) is 0 Å². The molecule has 2 atom stereocenters. The number of carbonyl (C=O) groups is 1. The number of carbonyl (C=O) groups excluding carboxylic acids is 1. The summed E-state index contributed by atoms with van der Waals surface area (Å²) in [5.41, 5.74) is -0.240. The van der Waals surface area contributed by atoms with Crippen LogP contribution in [0.2, 0.25) is 0 Å². The van der Waals surface area contributed by atoms with E-state index in [-0.39, 0.29) is 11.5 Å². The first kappa shape index (κ1) is 7.10. The number of fused-ring (bicyclic) bond motifs is 1. The van der Waals surface area contributed by atoms with Gasteiger partial charge in [0.05, 0.1) is 6.61 Å². The maximum atomic E-state index is 11.3. The third kappa shape index (κ3) is 0.872. The van der Waals surface area contributed by atoms with E-state index in [2.05, 4.69) is 5.32 Å². The van der Waals surface area contributed by atoms with Gasteiger partial charge in [-0.25, -0.2) is 0 Å². The Hall–Kier alpha value is -0.570. The highest BCUT2D eigenvalue weighted by Crippen LogP contribution is 2.50. The van der Waals surface area contributed by atoms with E-state index in [9.17, 15) is 4.79 Å². The van der Waals surface area contributed by atoms with Gasteiger partial charge in [0.1, 0.15) is 5.54 Å². The van der Waals surface area contributed by atoms with Crippen molar-refractivity contribution in [2.24, 2.45) is 5.92 Å². The molecule has 2 fully saturated rings. The average Bonchev–Trinajstić information content (AvgIpc) is 2.57. The lowest BCUT2D eigenvalue weighted by molar-refractivity contribution is -0.146. The van der Waals surface area contributed by atoms with Gasteiger partial charge in [-0.05, 0) is 32.2 Å². The second-order valence-corrected chi connectivity index (χ2v) is 3.31. The summed E-state index contributed by atoms with van der Waals surface area (Å²) in [5, 5.41) is 3.22. The Morgan fingerprint density at radius 3 is 3.09 bits per heavy atom. The summed E-state index contributed by atoms with van der Waals surface area (Å²) in [5.74, 6) is 0.532. The molecule has 3 heteroatoms. The lowest BCUT2D eigenvalue weighted by Gasteiger charge is -2.10. The van der Waals surface area contributed by atoms with Crippen molar-refractivity contribution in [3.8, 4) is 0 Å². The van der Waals surface area contributed by atoms with E-state index < -0.39 is 0 Å². The second-order valence-electron chi connectivity index (χ2n) is 3.31. The Labute approximate surface area is 66.1 Å². The van der Waals surface area contributed by atoms with Crippen molar-refractivity contribution in [1.82, 2.24) is 5.32 Å². The van der Waals surface area contributed by atoms with Crippen molar-refractivity contribution in [3.63, 3.8) is 0 Å². The van der Waals surface area contributed by atoms with Gasteiger partial charge in [0.2, 0.25) is 0 Å². The number of nitrogens with one attached hydrogen (secondary N) is 1. The molecule has 1 N–H and O–H groups in total. The van der Waals surface area contributed by atoms with E-state index in [1.165, 1.54) is 0 Å². The molecule has 0 radical (unpaired) electrons. The zero-order valence-corrected chi connectivity index (χ0v) is 6.72. The van der Waals surface area contributed by atoms with Crippen LogP contribution in [0.15, 0.2) is 0 Å². The van der Waals surface area contributed by atoms with Gasteiger partial charge in [0, 0.05) is 0 Å². The molecule has 0 amide bonds. The molecule has 62 valence electrons. The fraction of sp³-hybridized carbons (Fsp3) is 0.875. The van der Waals surface area contributed by atoms with Crippen LogP contribution in [0.3, 0.4) is 0 Å². The molecule has 0 bridgehead atoms. The number of rotatable bonds is 2. The Kier molecular flexibility index (Phi) is 1.42. The molecule has 3 nitrogen and oxygen atoms in total. The van der Waals surface area contributed by atoms with Crippen LogP contribution in [0.1, 0.15) is 19.8 Å². The second kappa shape index (κ2) is 2.21. The third-order valence-corrected chi connectivity index (χ3v) is 2.68. The highest BCUT2D eigenvalue weighted by molar-refractivity contribution is 5.85. The van der Waals surface area contributed by atoms with Crippen LogP contribution in [0.4, 0.5) is 0 Å². The topological polar surface area (TPSA) is 38.3 Å². The van der Waals surface area contributed by atoms with E-state index in [0.29, 0.717) is 12.5 Å². The fourth-order valence-electron chi connectivity index (χ4n) is 1.95. The van der Waals surface area contributed by atoms with Crippen molar-refractivity contribution < 1.29 is 9.53 Å². The van der Waals surface area contributed by atoms with Gasteiger partial charge in [0.25, 0.3) is 0 Å². The monoisotopic (exact) mass is 155 g/mol. The third-order valence-electron chi connectivity index (χ3n) is 2.68. The van der Waals surface area contributed by atoms with Gasteiger partial charge in [0.15, 0.2) is 0 Å². The summed E-state index contributed by atoms with van der Waals surface area (Å²) in [7, 11) is 0. The minimum absolute atomic E-state index is 0.0394. The van der Waals surface area contributed by atoms with Gasteiger partial charge in [-0.1, -0.05) is 0 Å². The molecule has 1 saturated heterocycles. The lowest BCUT2D eigenvalue weighted by Crippen LogP contribution is -2.38. The maximum absolute atomic E-state index is 11.3. The Bertz CT molecular complexity index is 193. The molecule has 0 aromatic carbocycles.